The van der Waals surface area contributed by atoms with Gasteiger partial charge in [-0.3, -0.25) is 9.83 Å². The van der Waals surface area contributed by atoms with Crippen molar-refractivity contribution in [1.82, 2.24) is 9.55 Å². The van der Waals surface area contributed by atoms with Crippen molar-refractivity contribution in [2.75, 3.05) is 0 Å². The molecule has 3 aromatic rings. The predicted molar refractivity (Wildman–Crippen MR) is 112 cm³/mol. The predicted octanol–water partition coefficient (Wildman–Crippen LogP) is 6.14. The van der Waals surface area contributed by atoms with Crippen molar-refractivity contribution in [2.24, 2.45) is 0 Å². The number of para-hydroxylation sites is 1. The third-order valence-corrected chi connectivity index (χ3v) is 5.07. The maximum atomic E-state index is 7.35. The van der Waals surface area contributed by atoms with E-state index < -0.39 is 0 Å². The summed E-state index contributed by atoms with van der Waals surface area (Å²) >= 11 is 0. The average molecular weight is 549 g/mol. The molecule has 0 saturated heterocycles. The van der Waals surface area contributed by atoms with E-state index in [0.29, 0.717) is 5.69 Å². The molecule has 3 nitrogen and oxygen atoms in total. The summed E-state index contributed by atoms with van der Waals surface area (Å²) in [6, 6.07) is 15.4. The van der Waals surface area contributed by atoms with E-state index in [1.807, 2.05) is 12.1 Å². The molecule has 2 aromatic carbocycles. The van der Waals surface area contributed by atoms with Crippen molar-refractivity contribution in [3.05, 3.63) is 76.4 Å². The van der Waals surface area contributed by atoms with Gasteiger partial charge in [0.15, 0.2) is 0 Å². The molecule has 1 heterocycles. The summed E-state index contributed by atoms with van der Waals surface area (Å²) in [5.74, 6) is 0.893. The summed E-state index contributed by atoms with van der Waals surface area (Å²) in [4.78, 5) is 8.59. The molecule has 4 heteroatoms. The molecular formula is C24H26IrN3-. The number of hydrogen-bond donors (Lipinski definition) is 0. The molecule has 0 saturated carbocycles. The first-order chi connectivity index (χ1) is 13.2. The zero-order valence-electron chi connectivity index (χ0n) is 17.0. The van der Waals surface area contributed by atoms with Gasteiger partial charge in [-0.2, -0.15) is 6.07 Å². The van der Waals surface area contributed by atoms with E-state index in [0.717, 1.165) is 42.8 Å². The number of hydrogen-bond acceptors (Lipinski definition) is 1. The first-order valence-corrected chi connectivity index (χ1v) is 9.79. The fourth-order valence-electron chi connectivity index (χ4n) is 3.72. The Morgan fingerprint density at radius 3 is 2.21 bits per heavy atom. The van der Waals surface area contributed by atoms with E-state index in [1.165, 1.54) is 22.5 Å². The van der Waals surface area contributed by atoms with Crippen molar-refractivity contribution in [3.8, 4) is 17.1 Å². The van der Waals surface area contributed by atoms with Crippen LogP contribution in [0.4, 0.5) is 5.69 Å². The van der Waals surface area contributed by atoms with Crippen LogP contribution in [0, 0.1) is 12.6 Å². The van der Waals surface area contributed by atoms with Gasteiger partial charge in [-0.15, -0.1) is 23.8 Å². The zero-order valence-corrected chi connectivity index (χ0v) is 19.4. The average Bonchev–Trinajstić information content (AvgIpc) is 3.11. The topological polar surface area (TPSA) is 22.2 Å². The first kappa shape index (κ1) is 22.1. The van der Waals surface area contributed by atoms with Gasteiger partial charge >= 0.3 is 0 Å². The summed E-state index contributed by atoms with van der Waals surface area (Å²) in [5, 5.41) is 0. The molecule has 0 amide bonds. The fourth-order valence-corrected chi connectivity index (χ4v) is 3.72. The van der Waals surface area contributed by atoms with Gasteiger partial charge in [0, 0.05) is 31.5 Å². The number of benzene rings is 2. The molecule has 0 aliphatic heterocycles. The Morgan fingerprint density at radius 2 is 1.68 bits per heavy atom. The Labute approximate surface area is 182 Å². The Kier molecular flexibility index (Phi) is 7.75. The summed E-state index contributed by atoms with van der Waals surface area (Å²) in [7, 11) is 0. The largest absolute Gasteiger partial charge is 0.336 e. The van der Waals surface area contributed by atoms with Gasteiger partial charge in [0.25, 0.3) is 0 Å². The fraction of sp³-hybridized carbons (Fsp3) is 0.333. The van der Waals surface area contributed by atoms with Crippen LogP contribution >= 0.6 is 0 Å². The monoisotopic (exact) mass is 549 g/mol. The summed E-state index contributed by atoms with van der Waals surface area (Å²) < 4.78 is 2.33. The van der Waals surface area contributed by atoms with E-state index in [-0.39, 0.29) is 20.1 Å². The molecule has 0 N–H and O–H groups in total. The minimum absolute atomic E-state index is 0. The van der Waals surface area contributed by atoms with Crippen LogP contribution < -0.4 is 0 Å². The molecule has 0 bridgehead atoms. The Balaban J connectivity index is 0.00000280. The van der Waals surface area contributed by atoms with Gasteiger partial charge in [-0.05, 0) is 36.8 Å². The minimum atomic E-state index is 0. The van der Waals surface area contributed by atoms with Crippen LogP contribution in [0.15, 0.2) is 36.4 Å². The van der Waals surface area contributed by atoms with E-state index >= 15 is 0 Å². The molecule has 147 valence electrons. The SMILES string of the molecule is [C-]#[N+]c1cc[c-]c(-c2nc(CC)c(CC)n2-c2c(CC)cccc2CC)c1.[Ir]. The zero-order chi connectivity index (χ0) is 19.4. The maximum absolute atomic E-state index is 7.35. The molecule has 0 aliphatic carbocycles. The molecule has 0 atom stereocenters. The molecule has 1 aromatic heterocycles. The van der Waals surface area contributed by atoms with Gasteiger partial charge in [0.2, 0.25) is 0 Å². The Bertz CT molecular complexity index is 973. The second-order valence-corrected chi connectivity index (χ2v) is 6.58. The third-order valence-electron chi connectivity index (χ3n) is 5.07. The summed E-state index contributed by atoms with van der Waals surface area (Å²) in [5.41, 5.74) is 7.79. The van der Waals surface area contributed by atoms with Gasteiger partial charge in [-0.25, -0.2) is 0 Å². The van der Waals surface area contributed by atoms with Crippen molar-refractivity contribution >= 4 is 5.69 Å². The second kappa shape index (κ2) is 9.82. The number of nitrogens with zero attached hydrogens (tertiary/aromatic N) is 3. The quantitative estimate of drug-likeness (QED) is 0.340. The van der Waals surface area contributed by atoms with Crippen molar-refractivity contribution < 1.29 is 20.1 Å². The molecule has 0 unspecified atom stereocenters. The van der Waals surface area contributed by atoms with Gasteiger partial charge < -0.3 is 4.57 Å². The molecular weight excluding hydrogens is 523 g/mol. The molecule has 0 aliphatic rings. The molecule has 0 fully saturated rings. The summed E-state index contributed by atoms with van der Waals surface area (Å²) in [6.07, 6.45) is 3.75. The van der Waals surface area contributed by atoms with Gasteiger partial charge in [0.1, 0.15) is 5.69 Å². The van der Waals surface area contributed by atoms with E-state index in [4.69, 9.17) is 11.6 Å². The molecule has 3 rings (SSSR count). The van der Waals surface area contributed by atoms with Crippen LogP contribution in [-0.2, 0) is 45.8 Å². The third kappa shape index (κ3) is 3.97. The van der Waals surface area contributed by atoms with Crippen LogP contribution in [0.25, 0.3) is 21.9 Å². The first-order valence-electron chi connectivity index (χ1n) is 9.79. The van der Waals surface area contributed by atoms with Crippen LogP contribution in [0.2, 0.25) is 0 Å². The van der Waals surface area contributed by atoms with Crippen LogP contribution in [0.1, 0.15) is 50.2 Å². The molecule has 28 heavy (non-hydrogen) atoms. The smallest absolute Gasteiger partial charge is 0.109 e. The van der Waals surface area contributed by atoms with Crippen molar-refractivity contribution in [3.63, 3.8) is 0 Å². The van der Waals surface area contributed by atoms with Crippen LogP contribution in [-0.4, -0.2) is 9.55 Å². The minimum Gasteiger partial charge on any atom is -0.336 e. The molecule has 1 radical (unpaired) electrons. The van der Waals surface area contributed by atoms with E-state index in [9.17, 15) is 0 Å². The molecule has 0 spiro atoms. The number of aryl methyl sites for hydroxylation is 3. The van der Waals surface area contributed by atoms with Gasteiger partial charge in [0.05, 0.1) is 18.1 Å². The number of imidazole rings is 1. The van der Waals surface area contributed by atoms with E-state index in [1.54, 1.807) is 6.07 Å². The van der Waals surface area contributed by atoms with Crippen molar-refractivity contribution in [1.29, 1.82) is 0 Å². The maximum Gasteiger partial charge on any atom is 0.109 e. The number of rotatable bonds is 6. The second-order valence-electron chi connectivity index (χ2n) is 6.58. The summed E-state index contributed by atoms with van der Waals surface area (Å²) in [6.45, 7) is 16.1. The van der Waals surface area contributed by atoms with Crippen LogP contribution in [0.5, 0.6) is 0 Å². The Morgan fingerprint density at radius 1 is 1.00 bits per heavy atom. The van der Waals surface area contributed by atoms with Gasteiger partial charge in [-0.1, -0.05) is 45.9 Å². The normalized spacial score (nSPS) is 10.4. The van der Waals surface area contributed by atoms with Crippen molar-refractivity contribution in [2.45, 2.75) is 53.4 Å². The standard InChI is InChI=1S/C24H26N3.Ir/c1-6-17-12-10-13-18(7-2)23(17)27-22(9-4)21(8-3)26-24(27)19-14-11-15-20(16-19)25-5;/h10-13,15-16H,6-9H2,1-4H3;/q-1;. The Hall–Kier alpha value is -2.21. The van der Waals surface area contributed by atoms with Crippen LogP contribution in [0.3, 0.4) is 0 Å². The van der Waals surface area contributed by atoms with E-state index in [2.05, 4.69) is 61.4 Å². The number of aromatic nitrogens is 2.